The van der Waals surface area contributed by atoms with Gasteiger partial charge in [-0.1, -0.05) is 44.2 Å². The fraction of sp³-hybridized carbons (Fsp3) is 0.571. The summed E-state index contributed by atoms with van der Waals surface area (Å²) < 4.78 is 26.6. The van der Waals surface area contributed by atoms with Gasteiger partial charge in [-0.2, -0.15) is 4.31 Å². The van der Waals surface area contributed by atoms with Crippen molar-refractivity contribution in [3.8, 4) is 0 Å². The van der Waals surface area contributed by atoms with Gasteiger partial charge in [-0.05, 0) is 18.1 Å². The van der Waals surface area contributed by atoms with E-state index >= 15 is 0 Å². The van der Waals surface area contributed by atoms with Crippen LogP contribution in [0.25, 0.3) is 6.08 Å². The maximum Gasteiger partial charge on any atom is 0.277 e. The van der Waals surface area contributed by atoms with E-state index < -0.39 is 10.0 Å². The number of benzene rings is 1. The molecule has 0 spiro atoms. The van der Waals surface area contributed by atoms with Crippen LogP contribution in [-0.4, -0.2) is 69.3 Å². The summed E-state index contributed by atoms with van der Waals surface area (Å²) in [6.07, 6.45) is 2.86. The van der Waals surface area contributed by atoms with Crippen LogP contribution in [0.15, 0.2) is 35.7 Å². The molecule has 3 atom stereocenters. The number of sulfonamides is 1. The van der Waals surface area contributed by atoms with E-state index in [1.807, 2.05) is 35.2 Å². The summed E-state index contributed by atoms with van der Waals surface area (Å²) in [6, 6.07) is 9.39. The first-order valence-electron chi connectivity index (χ1n) is 10.2. The molecule has 0 radical (unpaired) electrons. The number of hydrogen-bond acceptors (Lipinski definition) is 3. The number of carbonyl (C=O) groups excluding carboxylic acids is 1. The predicted molar refractivity (Wildman–Crippen MR) is 111 cm³/mol. The summed E-state index contributed by atoms with van der Waals surface area (Å²) >= 11 is 0. The molecule has 0 aromatic heterocycles. The molecule has 0 bridgehead atoms. The molecule has 0 aliphatic carbocycles. The van der Waals surface area contributed by atoms with Crippen LogP contribution in [0.5, 0.6) is 0 Å². The Balaban J connectivity index is 1.50. The zero-order chi connectivity index (χ0) is 20.1. The second kappa shape index (κ2) is 9.20. The molecule has 6 nitrogen and oxygen atoms in total. The van der Waals surface area contributed by atoms with Crippen LogP contribution >= 0.6 is 0 Å². The number of rotatable bonds is 5. The fourth-order valence-corrected chi connectivity index (χ4v) is 5.57. The minimum absolute atomic E-state index is 0.146. The summed E-state index contributed by atoms with van der Waals surface area (Å²) in [5.74, 6) is 1.46. The molecule has 7 heteroatoms. The Hall–Kier alpha value is -1.70. The normalized spacial score (nSPS) is 27.2. The molecule has 1 aromatic rings. The number of quaternary nitrogens is 1. The second-order valence-corrected chi connectivity index (χ2v) is 10.1. The third kappa shape index (κ3) is 5.65. The molecule has 2 fully saturated rings. The molecular formula is C21H32N3O3S+. The van der Waals surface area contributed by atoms with Crippen molar-refractivity contribution in [3.05, 3.63) is 41.3 Å². The Bertz CT molecular complexity index is 776. The Morgan fingerprint density at radius 2 is 1.68 bits per heavy atom. The minimum Gasteiger partial charge on any atom is -0.335 e. The summed E-state index contributed by atoms with van der Waals surface area (Å²) in [7, 11) is -3.46. The van der Waals surface area contributed by atoms with Gasteiger partial charge in [0.15, 0.2) is 6.54 Å². The largest absolute Gasteiger partial charge is 0.335 e. The van der Waals surface area contributed by atoms with E-state index in [4.69, 9.17) is 0 Å². The number of carbonyl (C=O) groups is 1. The molecular weight excluding hydrogens is 374 g/mol. The first-order chi connectivity index (χ1) is 13.3. The lowest BCUT2D eigenvalue weighted by atomic mass is 9.92. The van der Waals surface area contributed by atoms with E-state index in [1.165, 1.54) is 21.0 Å². The summed E-state index contributed by atoms with van der Waals surface area (Å²) in [6.45, 7) is 8.79. The van der Waals surface area contributed by atoms with Crippen LogP contribution in [-0.2, 0) is 14.8 Å². The number of nitrogens with one attached hydrogen (secondary N) is 1. The Labute approximate surface area is 168 Å². The van der Waals surface area contributed by atoms with Gasteiger partial charge in [0.1, 0.15) is 0 Å². The third-order valence-electron chi connectivity index (χ3n) is 5.66. The van der Waals surface area contributed by atoms with Crippen LogP contribution in [0.2, 0.25) is 0 Å². The highest BCUT2D eigenvalue weighted by Crippen LogP contribution is 2.13. The van der Waals surface area contributed by atoms with Crippen LogP contribution in [0.4, 0.5) is 0 Å². The molecule has 0 saturated carbocycles. The van der Waals surface area contributed by atoms with Crippen molar-refractivity contribution in [1.29, 1.82) is 0 Å². The predicted octanol–water partition coefficient (Wildman–Crippen LogP) is 0.692. The average Bonchev–Trinajstić information content (AvgIpc) is 2.66. The zero-order valence-corrected chi connectivity index (χ0v) is 17.7. The zero-order valence-electron chi connectivity index (χ0n) is 16.9. The molecule has 2 heterocycles. The first kappa shape index (κ1) is 21.0. The van der Waals surface area contributed by atoms with Crippen LogP contribution in [0, 0.1) is 11.8 Å². The lowest BCUT2D eigenvalue weighted by Gasteiger charge is -2.36. The maximum atomic E-state index is 12.7. The van der Waals surface area contributed by atoms with Crippen molar-refractivity contribution in [2.45, 2.75) is 20.3 Å². The van der Waals surface area contributed by atoms with Crippen molar-refractivity contribution >= 4 is 22.0 Å². The van der Waals surface area contributed by atoms with Crippen molar-refractivity contribution in [1.82, 2.24) is 9.21 Å². The van der Waals surface area contributed by atoms with E-state index in [1.54, 1.807) is 6.08 Å². The highest BCUT2D eigenvalue weighted by molar-refractivity contribution is 7.92. The second-order valence-electron chi connectivity index (χ2n) is 8.32. The number of piperidine rings is 1. The number of hydrogen-bond donors (Lipinski definition) is 1. The van der Waals surface area contributed by atoms with Crippen LogP contribution < -0.4 is 4.90 Å². The van der Waals surface area contributed by atoms with Gasteiger partial charge in [0.25, 0.3) is 5.91 Å². The van der Waals surface area contributed by atoms with Gasteiger partial charge in [0, 0.05) is 43.4 Å². The van der Waals surface area contributed by atoms with Gasteiger partial charge in [0.2, 0.25) is 10.0 Å². The molecule has 1 unspecified atom stereocenters. The molecule has 3 rings (SSSR count). The summed E-state index contributed by atoms with van der Waals surface area (Å²) in [5.41, 5.74) is 0.854. The molecule has 2 saturated heterocycles. The van der Waals surface area contributed by atoms with Gasteiger partial charge in [-0.3, -0.25) is 4.79 Å². The number of piperazine rings is 1. The number of likely N-dealkylation sites (tertiary alicyclic amines) is 1. The van der Waals surface area contributed by atoms with Crippen LogP contribution in [0.3, 0.4) is 0 Å². The van der Waals surface area contributed by atoms with Crippen molar-refractivity contribution in [3.63, 3.8) is 0 Å². The van der Waals surface area contributed by atoms with Crippen molar-refractivity contribution in [2.24, 2.45) is 11.8 Å². The van der Waals surface area contributed by atoms with Gasteiger partial charge < -0.3 is 9.80 Å². The third-order valence-corrected chi connectivity index (χ3v) is 7.23. The van der Waals surface area contributed by atoms with E-state index in [0.29, 0.717) is 44.6 Å². The van der Waals surface area contributed by atoms with Gasteiger partial charge >= 0.3 is 0 Å². The minimum atomic E-state index is -3.46. The molecule has 28 heavy (non-hydrogen) atoms. The number of amides is 1. The summed E-state index contributed by atoms with van der Waals surface area (Å²) in [5, 5.41) is 1.26. The molecule has 2 aliphatic heterocycles. The van der Waals surface area contributed by atoms with E-state index in [0.717, 1.165) is 18.7 Å². The van der Waals surface area contributed by atoms with E-state index in [9.17, 15) is 13.2 Å². The van der Waals surface area contributed by atoms with Crippen molar-refractivity contribution in [2.75, 3.05) is 45.8 Å². The molecule has 1 aromatic carbocycles. The first-order valence-corrected chi connectivity index (χ1v) is 11.7. The average molecular weight is 407 g/mol. The lowest BCUT2D eigenvalue weighted by Crippen LogP contribution is -3.15. The monoisotopic (exact) mass is 406 g/mol. The van der Waals surface area contributed by atoms with Gasteiger partial charge in [0.05, 0.1) is 13.1 Å². The van der Waals surface area contributed by atoms with E-state index in [2.05, 4.69) is 13.8 Å². The van der Waals surface area contributed by atoms with Crippen molar-refractivity contribution < 1.29 is 18.1 Å². The van der Waals surface area contributed by atoms with Gasteiger partial charge in [-0.25, -0.2) is 8.42 Å². The molecule has 154 valence electrons. The lowest BCUT2D eigenvalue weighted by molar-refractivity contribution is -0.904. The molecule has 2 aliphatic rings. The topological polar surface area (TPSA) is 62.1 Å². The highest BCUT2D eigenvalue weighted by atomic mass is 32.2. The Kier molecular flexibility index (Phi) is 6.91. The molecule has 1 amide bonds. The summed E-state index contributed by atoms with van der Waals surface area (Å²) in [4.78, 5) is 15.9. The highest BCUT2D eigenvalue weighted by Gasteiger charge is 2.31. The van der Waals surface area contributed by atoms with Gasteiger partial charge in [-0.15, -0.1) is 0 Å². The quantitative estimate of drug-likeness (QED) is 0.783. The fourth-order valence-electron chi connectivity index (χ4n) is 4.40. The SMILES string of the molecule is C[C@@H]1C[C@H](C)C[NH+](CC(=O)N2CCN(S(=O)(=O)/C=C/c3ccccc3)CC2)C1. The molecule has 1 N–H and O–H groups in total. The maximum absolute atomic E-state index is 12.7. The smallest absolute Gasteiger partial charge is 0.277 e. The van der Waals surface area contributed by atoms with E-state index in [-0.39, 0.29) is 5.91 Å². The van der Waals surface area contributed by atoms with Crippen LogP contribution in [0.1, 0.15) is 25.8 Å². The Morgan fingerprint density at radius 1 is 1.07 bits per heavy atom. The Morgan fingerprint density at radius 3 is 2.29 bits per heavy atom. The number of nitrogens with zero attached hydrogens (tertiary/aromatic N) is 2. The standard InChI is InChI=1S/C21H31N3O3S/c1-18-14-19(2)16-22(15-18)17-21(25)23-9-11-24(12-10-23)28(26,27)13-8-20-6-4-3-5-7-20/h3-8,13,18-19H,9-12,14-17H2,1-2H3/p+1/b13-8+/t18-,19+.